The highest BCUT2D eigenvalue weighted by Gasteiger charge is 2.28. The van der Waals surface area contributed by atoms with Gasteiger partial charge in [0, 0.05) is 27.2 Å². The molecule has 2 aliphatic rings. The fraction of sp³-hybridized carbons (Fsp3) is 0.625. The second-order valence-electron chi connectivity index (χ2n) is 7.16. The van der Waals surface area contributed by atoms with Crippen LogP contribution in [-0.4, -0.2) is 44.4 Å². The third kappa shape index (κ3) is 2.88. The summed E-state index contributed by atoms with van der Waals surface area (Å²) in [4.78, 5) is 39.0. The molecule has 2 fully saturated rings. The van der Waals surface area contributed by atoms with Crippen LogP contribution in [-0.2, 0) is 13.1 Å². The van der Waals surface area contributed by atoms with Crippen molar-refractivity contribution in [2.24, 2.45) is 16.8 Å². The van der Waals surface area contributed by atoms with Crippen molar-refractivity contribution in [1.82, 2.24) is 24.0 Å². The molecule has 24 heavy (non-hydrogen) atoms. The minimum absolute atomic E-state index is 0.235. The van der Waals surface area contributed by atoms with Gasteiger partial charge in [-0.2, -0.15) is 4.98 Å². The predicted molar refractivity (Wildman–Crippen MR) is 91.9 cm³/mol. The van der Waals surface area contributed by atoms with Crippen LogP contribution in [0, 0.1) is 11.8 Å². The molecule has 1 N–H and O–H groups in total. The number of imidazole rings is 1. The van der Waals surface area contributed by atoms with E-state index >= 15 is 0 Å². The molecule has 0 atom stereocenters. The highest BCUT2D eigenvalue weighted by molar-refractivity contribution is 5.73. The Hall–Kier alpha value is -2.38. The lowest BCUT2D eigenvalue weighted by Gasteiger charge is -2.10. The lowest BCUT2D eigenvalue weighted by Crippen LogP contribution is -2.41. The van der Waals surface area contributed by atoms with Crippen molar-refractivity contribution in [1.29, 1.82) is 0 Å². The first-order valence-electron chi connectivity index (χ1n) is 8.47. The Kier molecular flexibility index (Phi) is 3.54. The maximum absolute atomic E-state index is 12.8. The molecule has 2 aliphatic carbocycles. The number of H-pyrrole nitrogens is 1. The minimum atomic E-state index is -0.284. The zero-order valence-corrected chi connectivity index (χ0v) is 14.0. The highest BCUT2D eigenvalue weighted by Crippen LogP contribution is 2.31. The van der Waals surface area contributed by atoms with Gasteiger partial charge in [-0.1, -0.05) is 0 Å². The number of fused-ring (bicyclic) bond motifs is 1. The topological polar surface area (TPSA) is 88.3 Å². The Labute approximate surface area is 138 Å². The monoisotopic (exact) mass is 330 g/mol. The largest absolute Gasteiger partial charge is 0.369 e. The second kappa shape index (κ2) is 5.61. The molecule has 0 bridgehead atoms. The van der Waals surface area contributed by atoms with Crippen LogP contribution in [0.2, 0.25) is 0 Å². The van der Waals surface area contributed by atoms with Crippen molar-refractivity contribution < 1.29 is 0 Å². The van der Waals surface area contributed by atoms with E-state index in [1.54, 1.807) is 15.8 Å². The first-order chi connectivity index (χ1) is 11.5. The Bertz CT molecular complexity index is 911. The number of aromatic amines is 1. The summed E-state index contributed by atoms with van der Waals surface area (Å²) in [5, 5.41) is 0. The van der Waals surface area contributed by atoms with Crippen molar-refractivity contribution in [3.05, 3.63) is 20.8 Å². The van der Waals surface area contributed by atoms with Gasteiger partial charge in [-0.15, -0.1) is 0 Å². The zero-order valence-electron chi connectivity index (χ0n) is 14.0. The molecular formula is C16H22N6O2. The molecule has 0 unspecified atom stereocenters. The Morgan fingerprint density at radius 3 is 2.38 bits per heavy atom. The zero-order chi connectivity index (χ0) is 16.8. The highest BCUT2D eigenvalue weighted by atomic mass is 16.2. The number of rotatable bonds is 6. The van der Waals surface area contributed by atoms with Gasteiger partial charge in [0.05, 0.1) is 6.34 Å². The number of nitrogens with one attached hydrogen (secondary N) is 1. The molecule has 8 nitrogen and oxygen atoms in total. The molecule has 2 saturated carbocycles. The number of aliphatic imine (C=N–C) groups is 1. The van der Waals surface area contributed by atoms with Crippen LogP contribution in [0.4, 0.5) is 5.95 Å². The van der Waals surface area contributed by atoms with E-state index < -0.39 is 0 Å². The van der Waals surface area contributed by atoms with Gasteiger partial charge in [0.2, 0.25) is 5.95 Å². The van der Waals surface area contributed by atoms with Gasteiger partial charge in [0.1, 0.15) is 0 Å². The van der Waals surface area contributed by atoms with Crippen molar-refractivity contribution in [3.63, 3.8) is 0 Å². The van der Waals surface area contributed by atoms with Gasteiger partial charge in [0.25, 0.3) is 5.56 Å². The van der Waals surface area contributed by atoms with E-state index in [1.807, 2.05) is 14.1 Å². The predicted octanol–water partition coefficient (Wildman–Crippen LogP) is 0.928. The summed E-state index contributed by atoms with van der Waals surface area (Å²) < 4.78 is 3.03. The van der Waals surface area contributed by atoms with E-state index in [2.05, 4.69) is 15.0 Å². The molecule has 2 aromatic rings. The van der Waals surface area contributed by atoms with Crippen molar-refractivity contribution in [2.75, 3.05) is 14.1 Å². The SMILES string of the molecule is CN(C)/C=N/c1nc2c([nH]1)c(=O)n(CC1CC1)c(=O)n2CC1CC1. The molecule has 0 radical (unpaired) electrons. The molecule has 0 saturated heterocycles. The molecule has 0 amide bonds. The molecule has 128 valence electrons. The van der Waals surface area contributed by atoms with E-state index in [4.69, 9.17) is 0 Å². The van der Waals surface area contributed by atoms with Crippen LogP contribution in [0.25, 0.3) is 11.2 Å². The Balaban J connectivity index is 1.86. The first kappa shape index (κ1) is 15.2. The minimum Gasteiger partial charge on any atom is -0.369 e. The van der Waals surface area contributed by atoms with Crippen LogP contribution in [0.15, 0.2) is 14.6 Å². The fourth-order valence-electron chi connectivity index (χ4n) is 2.83. The Morgan fingerprint density at radius 2 is 1.79 bits per heavy atom. The van der Waals surface area contributed by atoms with Gasteiger partial charge in [0.15, 0.2) is 11.2 Å². The molecule has 4 rings (SSSR count). The summed E-state index contributed by atoms with van der Waals surface area (Å²) in [6.45, 7) is 1.13. The maximum atomic E-state index is 12.8. The van der Waals surface area contributed by atoms with E-state index in [0.717, 1.165) is 25.7 Å². The smallest absolute Gasteiger partial charge is 0.332 e. The van der Waals surface area contributed by atoms with Crippen molar-refractivity contribution >= 4 is 23.5 Å². The number of hydrogen-bond donors (Lipinski definition) is 1. The summed E-state index contributed by atoms with van der Waals surface area (Å²) in [7, 11) is 3.72. The average Bonchev–Trinajstić information content (AvgIpc) is 3.46. The number of aromatic nitrogens is 4. The number of hydrogen-bond acceptors (Lipinski definition) is 4. The molecule has 2 aromatic heterocycles. The van der Waals surface area contributed by atoms with E-state index in [9.17, 15) is 9.59 Å². The summed E-state index contributed by atoms with van der Waals surface area (Å²) in [6.07, 6.45) is 6.06. The Morgan fingerprint density at radius 1 is 1.17 bits per heavy atom. The standard InChI is InChI=1S/C16H22N6O2/c1-20(2)9-17-15-18-12-13(19-15)21(7-10-3-4-10)16(24)22(14(12)23)8-11-5-6-11/h9-11H,3-8H2,1-2H3,(H,18,19)/b17-9+. The lowest BCUT2D eigenvalue weighted by molar-refractivity contribution is 0.520. The lowest BCUT2D eigenvalue weighted by atomic mass is 10.3. The van der Waals surface area contributed by atoms with Gasteiger partial charge in [-0.05, 0) is 37.5 Å². The summed E-state index contributed by atoms with van der Waals surface area (Å²) in [5.41, 5.74) is 0.283. The maximum Gasteiger partial charge on any atom is 0.332 e. The van der Waals surface area contributed by atoms with Gasteiger partial charge in [-0.25, -0.2) is 9.79 Å². The van der Waals surface area contributed by atoms with Crippen LogP contribution in [0.3, 0.4) is 0 Å². The van der Waals surface area contributed by atoms with E-state index in [0.29, 0.717) is 42.0 Å². The molecule has 0 spiro atoms. The molecule has 0 aromatic carbocycles. The molecular weight excluding hydrogens is 308 g/mol. The third-order valence-electron chi connectivity index (χ3n) is 4.54. The van der Waals surface area contributed by atoms with Crippen LogP contribution >= 0.6 is 0 Å². The second-order valence-corrected chi connectivity index (χ2v) is 7.16. The van der Waals surface area contributed by atoms with Crippen LogP contribution in [0.1, 0.15) is 25.7 Å². The van der Waals surface area contributed by atoms with Crippen molar-refractivity contribution in [2.45, 2.75) is 38.8 Å². The van der Waals surface area contributed by atoms with Gasteiger partial charge >= 0.3 is 5.69 Å². The van der Waals surface area contributed by atoms with E-state index in [1.165, 1.54) is 4.57 Å². The third-order valence-corrected chi connectivity index (χ3v) is 4.54. The average molecular weight is 330 g/mol. The van der Waals surface area contributed by atoms with Crippen LogP contribution in [0.5, 0.6) is 0 Å². The summed E-state index contributed by atoms with van der Waals surface area (Å²) in [5.74, 6) is 1.32. The quantitative estimate of drug-likeness (QED) is 0.630. The van der Waals surface area contributed by atoms with E-state index in [-0.39, 0.29) is 11.2 Å². The van der Waals surface area contributed by atoms with Crippen molar-refractivity contribution in [3.8, 4) is 0 Å². The first-order valence-corrected chi connectivity index (χ1v) is 8.47. The molecule has 8 heteroatoms. The fourth-order valence-corrected chi connectivity index (χ4v) is 2.83. The van der Waals surface area contributed by atoms with Gasteiger partial charge < -0.3 is 9.88 Å². The van der Waals surface area contributed by atoms with Gasteiger partial charge in [-0.3, -0.25) is 13.9 Å². The molecule has 2 heterocycles. The number of nitrogens with zero attached hydrogens (tertiary/aromatic N) is 5. The molecule has 0 aliphatic heterocycles. The summed E-state index contributed by atoms with van der Waals surface area (Å²) in [6, 6.07) is 0. The summed E-state index contributed by atoms with van der Waals surface area (Å²) >= 11 is 0. The van der Waals surface area contributed by atoms with Crippen LogP contribution < -0.4 is 11.2 Å². The normalized spacial score (nSPS) is 17.9.